The Morgan fingerprint density at radius 2 is 1.90 bits per heavy atom. The third-order valence-corrected chi connectivity index (χ3v) is 5.38. The Morgan fingerprint density at radius 1 is 1.14 bits per heavy atom. The minimum absolute atomic E-state index is 0.0855. The fourth-order valence-electron chi connectivity index (χ4n) is 3.73. The first-order valence-corrected chi connectivity index (χ1v) is 10.2. The number of hydrogen-bond donors (Lipinski definition) is 3. The van der Waals surface area contributed by atoms with Crippen molar-refractivity contribution < 1.29 is 9.84 Å². The first-order chi connectivity index (χ1) is 14.1. The van der Waals surface area contributed by atoms with Gasteiger partial charge >= 0.3 is 0 Å². The van der Waals surface area contributed by atoms with E-state index < -0.39 is 0 Å². The lowest BCUT2D eigenvalue weighted by Crippen LogP contribution is -2.35. The van der Waals surface area contributed by atoms with Crippen molar-refractivity contribution in [3.63, 3.8) is 0 Å². The molecule has 0 unspecified atom stereocenters. The number of aromatic amines is 1. The molecule has 152 valence electrons. The van der Waals surface area contributed by atoms with Gasteiger partial charge in [-0.3, -0.25) is 4.79 Å². The van der Waals surface area contributed by atoms with Crippen LogP contribution in [0.2, 0.25) is 0 Å². The Kier molecular flexibility index (Phi) is 5.71. The lowest BCUT2D eigenvalue weighted by Gasteiger charge is -2.31. The van der Waals surface area contributed by atoms with Crippen LogP contribution in [0.5, 0.6) is 5.75 Å². The zero-order valence-electron chi connectivity index (χ0n) is 16.6. The van der Waals surface area contributed by atoms with Crippen LogP contribution in [0.15, 0.2) is 53.3 Å². The zero-order valence-corrected chi connectivity index (χ0v) is 16.6. The van der Waals surface area contributed by atoms with Crippen LogP contribution in [0.25, 0.3) is 10.9 Å². The molecule has 6 nitrogen and oxygen atoms in total. The number of pyridine rings is 1. The molecular formula is C23H27N3O3. The number of nitrogens with one attached hydrogen (secondary N) is 2. The number of fused-ring (bicyclic) bond motifs is 1. The number of rotatable bonds is 6. The summed E-state index contributed by atoms with van der Waals surface area (Å²) >= 11 is 0. The van der Waals surface area contributed by atoms with E-state index in [4.69, 9.17) is 4.74 Å². The predicted molar refractivity (Wildman–Crippen MR) is 117 cm³/mol. The van der Waals surface area contributed by atoms with Crippen molar-refractivity contribution in [2.75, 3.05) is 29.9 Å². The number of anilines is 2. The molecule has 0 aliphatic carbocycles. The van der Waals surface area contributed by atoms with E-state index >= 15 is 0 Å². The number of piperidine rings is 1. The van der Waals surface area contributed by atoms with E-state index in [0.29, 0.717) is 18.7 Å². The second-order valence-electron chi connectivity index (χ2n) is 7.42. The smallest absolute Gasteiger partial charge is 0.253 e. The summed E-state index contributed by atoms with van der Waals surface area (Å²) in [5.74, 6) is 0.798. The van der Waals surface area contributed by atoms with Gasteiger partial charge in [0.1, 0.15) is 5.75 Å². The van der Waals surface area contributed by atoms with Gasteiger partial charge in [0.05, 0.1) is 12.7 Å². The molecule has 0 bridgehead atoms. The predicted octanol–water partition coefficient (Wildman–Crippen LogP) is 3.50. The Labute approximate surface area is 170 Å². The maximum absolute atomic E-state index is 12.4. The van der Waals surface area contributed by atoms with Crippen molar-refractivity contribution >= 4 is 22.3 Å². The number of aromatic nitrogens is 1. The summed E-state index contributed by atoms with van der Waals surface area (Å²) < 4.78 is 5.55. The van der Waals surface area contributed by atoms with Crippen LogP contribution in [0.1, 0.15) is 25.3 Å². The average Bonchev–Trinajstić information content (AvgIpc) is 2.74. The van der Waals surface area contributed by atoms with Crippen LogP contribution in [0.3, 0.4) is 0 Å². The van der Waals surface area contributed by atoms with Gasteiger partial charge in [0, 0.05) is 47.5 Å². The maximum Gasteiger partial charge on any atom is 0.253 e. The number of benzene rings is 2. The van der Waals surface area contributed by atoms with Crippen LogP contribution in [0, 0.1) is 0 Å². The molecule has 2 aromatic carbocycles. The molecule has 3 aromatic rings. The number of nitrogens with zero attached hydrogens (tertiary/aromatic N) is 1. The van der Waals surface area contributed by atoms with Crippen molar-refractivity contribution in [1.29, 1.82) is 0 Å². The Hall–Kier alpha value is -2.99. The summed E-state index contributed by atoms with van der Waals surface area (Å²) in [4.78, 5) is 17.6. The minimum atomic E-state index is -0.170. The molecule has 2 heterocycles. The van der Waals surface area contributed by atoms with Crippen LogP contribution in [-0.4, -0.2) is 35.9 Å². The third kappa shape index (κ3) is 4.54. The van der Waals surface area contributed by atoms with Crippen molar-refractivity contribution in [3.8, 4) is 5.75 Å². The van der Waals surface area contributed by atoms with Gasteiger partial charge in [-0.25, -0.2) is 0 Å². The molecule has 3 N–H and O–H groups in total. The molecule has 1 fully saturated rings. The van der Waals surface area contributed by atoms with Gasteiger partial charge in [0.2, 0.25) is 0 Å². The highest BCUT2D eigenvalue weighted by molar-refractivity contribution is 5.80. The standard InChI is InChI=1S/C23H27N3O3/c1-2-29-21-7-8-22-16(14-21)13-17(23(28)25-22)15-24-18-3-5-19(6-4-18)26-11-9-20(27)10-12-26/h3-8,13-14,20,24,27H,2,9-12,15H2,1H3,(H,25,28). The molecule has 29 heavy (non-hydrogen) atoms. The van der Waals surface area contributed by atoms with Crippen LogP contribution < -0.4 is 20.5 Å². The van der Waals surface area contributed by atoms with E-state index in [1.54, 1.807) is 0 Å². The Bertz CT molecular complexity index is 1020. The lowest BCUT2D eigenvalue weighted by molar-refractivity contribution is 0.145. The van der Waals surface area contributed by atoms with E-state index in [0.717, 1.165) is 54.0 Å². The summed E-state index contributed by atoms with van der Waals surface area (Å²) in [6.07, 6.45) is 1.46. The van der Waals surface area contributed by atoms with Gasteiger partial charge in [0.15, 0.2) is 0 Å². The Balaban J connectivity index is 1.44. The Morgan fingerprint density at radius 3 is 2.62 bits per heavy atom. The first-order valence-electron chi connectivity index (χ1n) is 10.2. The van der Waals surface area contributed by atoms with Crippen molar-refractivity contribution in [1.82, 2.24) is 4.98 Å². The van der Waals surface area contributed by atoms with Crippen LogP contribution in [0.4, 0.5) is 11.4 Å². The summed E-state index contributed by atoms with van der Waals surface area (Å²) in [6, 6.07) is 15.8. The molecule has 1 aliphatic heterocycles. The van der Waals surface area contributed by atoms with E-state index in [1.165, 1.54) is 0 Å². The topological polar surface area (TPSA) is 77.6 Å². The fourth-order valence-corrected chi connectivity index (χ4v) is 3.73. The number of hydrogen-bond acceptors (Lipinski definition) is 5. The summed E-state index contributed by atoms with van der Waals surface area (Å²) in [6.45, 7) is 4.76. The first kappa shape index (κ1) is 19.3. The van der Waals surface area contributed by atoms with E-state index in [9.17, 15) is 9.90 Å². The van der Waals surface area contributed by atoms with Crippen molar-refractivity contribution in [3.05, 3.63) is 64.4 Å². The highest BCUT2D eigenvalue weighted by atomic mass is 16.5. The molecule has 0 spiro atoms. The average molecular weight is 393 g/mol. The molecule has 1 aliphatic rings. The highest BCUT2D eigenvalue weighted by Crippen LogP contribution is 2.23. The largest absolute Gasteiger partial charge is 0.494 e. The van der Waals surface area contributed by atoms with Crippen molar-refractivity contribution in [2.45, 2.75) is 32.4 Å². The SMILES string of the molecule is CCOc1ccc2[nH]c(=O)c(CNc3ccc(N4CCC(O)CC4)cc3)cc2c1. The fraction of sp³-hybridized carbons (Fsp3) is 0.348. The number of H-pyrrole nitrogens is 1. The second-order valence-corrected chi connectivity index (χ2v) is 7.42. The molecule has 0 amide bonds. The van der Waals surface area contributed by atoms with Gasteiger partial charge in [-0.05, 0) is 68.3 Å². The molecule has 1 saturated heterocycles. The van der Waals surface area contributed by atoms with Gasteiger partial charge in [-0.1, -0.05) is 0 Å². The monoisotopic (exact) mass is 393 g/mol. The molecule has 1 aromatic heterocycles. The molecule has 0 saturated carbocycles. The number of aliphatic hydroxyl groups is 1. The second kappa shape index (κ2) is 8.57. The summed E-state index contributed by atoms with van der Waals surface area (Å²) in [5, 5.41) is 13.9. The number of ether oxygens (including phenoxy) is 1. The molecule has 0 radical (unpaired) electrons. The molecule has 0 atom stereocenters. The van der Waals surface area contributed by atoms with Crippen molar-refractivity contribution in [2.24, 2.45) is 0 Å². The van der Waals surface area contributed by atoms with Gasteiger partial charge in [0.25, 0.3) is 5.56 Å². The molecule has 6 heteroatoms. The normalized spacial score (nSPS) is 14.9. The summed E-state index contributed by atoms with van der Waals surface area (Å²) in [5.41, 5.74) is 3.53. The maximum atomic E-state index is 12.4. The van der Waals surface area contributed by atoms with E-state index in [-0.39, 0.29) is 11.7 Å². The highest BCUT2D eigenvalue weighted by Gasteiger charge is 2.17. The third-order valence-electron chi connectivity index (χ3n) is 5.38. The van der Waals surface area contributed by atoms with Gasteiger partial charge in [-0.15, -0.1) is 0 Å². The molecular weight excluding hydrogens is 366 g/mol. The zero-order chi connectivity index (χ0) is 20.2. The van der Waals surface area contributed by atoms with E-state index in [2.05, 4.69) is 27.3 Å². The quantitative estimate of drug-likeness (QED) is 0.598. The van der Waals surface area contributed by atoms with E-state index in [1.807, 2.05) is 43.3 Å². The lowest BCUT2D eigenvalue weighted by atomic mass is 10.1. The van der Waals surface area contributed by atoms with Gasteiger partial charge in [-0.2, -0.15) is 0 Å². The number of aliphatic hydroxyl groups excluding tert-OH is 1. The summed E-state index contributed by atoms with van der Waals surface area (Å²) in [7, 11) is 0. The molecule has 4 rings (SSSR count). The minimum Gasteiger partial charge on any atom is -0.494 e. The van der Waals surface area contributed by atoms with Gasteiger partial charge < -0.3 is 25.0 Å². The van der Waals surface area contributed by atoms with Crippen LogP contribution in [-0.2, 0) is 6.54 Å². The van der Waals surface area contributed by atoms with Crippen LogP contribution >= 0.6 is 0 Å².